The molecule has 1 N–H and O–H groups in total. The summed E-state index contributed by atoms with van der Waals surface area (Å²) in [6.45, 7) is 3.51. The number of aromatic amines is 1. The number of likely N-dealkylation sites (N-methyl/N-ethyl adjacent to an activating group) is 1. The Morgan fingerprint density at radius 2 is 1.94 bits per heavy atom. The number of nitrogens with zero attached hydrogens (tertiary/aromatic N) is 3. The van der Waals surface area contributed by atoms with Crippen molar-refractivity contribution in [2.45, 2.75) is 25.3 Å². The molecule has 1 aliphatic rings. The maximum Gasteiger partial charge on any atom is 0.158 e. The van der Waals surface area contributed by atoms with E-state index in [4.69, 9.17) is 4.74 Å². The molecule has 1 fully saturated rings. The van der Waals surface area contributed by atoms with Gasteiger partial charge in [0.05, 0.1) is 17.3 Å². The van der Waals surface area contributed by atoms with Gasteiger partial charge in [-0.3, -0.25) is 14.8 Å². The van der Waals surface area contributed by atoms with E-state index in [-0.39, 0.29) is 11.8 Å². The monoisotopic (exact) mass is 488 g/mol. The fourth-order valence-corrected chi connectivity index (χ4v) is 5.45. The number of H-pyrrole nitrogens is 1. The van der Waals surface area contributed by atoms with Crippen LogP contribution >= 0.6 is 11.3 Å². The van der Waals surface area contributed by atoms with Crippen molar-refractivity contribution < 1.29 is 9.53 Å². The summed E-state index contributed by atoms with van der Waals surface area (Å²) in [7, 11) is 4.07. The number of likely N-dealkylation sites (tertiary alicyclic amines) is 1. The Morgan fingerprint density at radius 3 is 2.66 bits per heavy atom. The average Bonchev–Trinajstić information content (AvgIpc) is 3.62. The highest BCUT2D eigenvalue weighted by atomic mass is 32.1. The Balaban J connectivity index is 1.35. The number of fused-ring (bicyclic) bond motifs is 1. The third-order valence-electron chi connectivity index (χ3n) is 6.61. The highest BCUT2D eigenvalue weighted by Gasteiger charge is 2.29. The molecule has 182 valence electrons. The van der Waals surface area contributed by atoms with Crippen LogP contribution in [0.25, 0.3) is 22.2 Å². The van der Waals surface area contributed by atoms with E-state index in [9.17, 15) is 4.79 Å². The van der Waals surface area contributed by atoms with Crippen LogP contribution in [0.1, 0.15) is 30.0 Å². The van der Waals surface area contributed by atoms with Gasteiger partial charge < -0.3 is 9.64 Å². The summed E-state index contributed by atoms with van der Waals surface area (Å²) in [5.41, 5.74) is 5.03. The van der Waals surface area contributed by atoms with Crippen LogP contribution in [0.4, 0.5) is 0 Å². The highest BCUT2D eigenvalue weighted by Crippen LogP contribution is 2.31. The SMILES string of the molecule is CN(C)CCOc1ccc(-c2n[nH]c3ccc(CC(=O)C(c4ccsc4)N4CCCC4)cc23)cc1. The van der Waals surface area contributed by atoms with E-state index in [0.717, 1.165) is 71.5 Å². The Hall–Kier alpha value is -3.00. The molecule has 0 bridgehead atoms. The Bertz CT molecular complexity index is 1260. The lowest BCUT2D eigenvalue weighted by molar-refractivity contribution is -0.123. The average molecular weight is 489 g/mol. The summed E-state index contributed by atoms with van der Waals surface area (Å²) in [6, 6.07) is 16.2. The lowest BCUT2D eigenvalue weighted by Crippen LogP contribution is -2.32. The molecule has 1 saturated heterocycles. The molecule has 7 heteroatoms. The van der Waals surface area contributed by atoms with Gasteiger partial charge in [-0.15, -0.1) is 0 Å². The first-order chi connectivity index (χ1) is 17.1. The van der Waals surface area contributed by atoms with Gasteiger partial charge in [0.1, 0.15) is 12.4 Å². The van der Waals surface area contributed by atoms with Crippen LogP contribution in [-0.2, 0) is 11.2 Å². The van der Waals surface area contributed by atoms with Gasteiger partial charge in [0.15, 0.2) is 5.78 Å². The molecular formula is C28H32N4O2S. The smallest absolute Gasteiger partial charge is 0.158 e. The number of carbonyl (C=O) groups excluding carboxylic acids is 1. The summed E-state index contributed by atoms with van der Waals surface area (Å²) < 4.78 is 5.82. The third kappa shape index (κ3) is 5.48. The number of nitrogens with one attached hydrogen (secondary N) is 1. The number of hydrogen-bond donors (Lipinski definition) is 1. The van der Waals surface area contributed by atoms with Crippen molar-refractivity contribution in [3.05, 3.63) is 70.4 Å². The first kappa shape index (κ1) is 23.7. The van der Waals surface area contributed by atoms with Crippen molar-refractivity contribution in [2.75, 3.05) is 40.3 Å². The Kier molecular flexibility index (Phi) is 7.27. The fraction of sp³-hybridized carbons (Fsp3) is 0.357. The minimum atomic E-state index is -0.150. The molecule has 1 unspecified atom stereocenters. The van der Waals surface area contributed by atoms with Gasteiger partial charge >= 0.3 is 0 Å². The number of aromatic nitrogens is 2. The third-order valence-corrected chi connectivity index (χ3v) is 7.31. The molecule has 5 rings (SSSR count). The fourth-order valence-electron chi connectivity index (χ4n) is 4.77. The van der Waals surface area contributed by atoms with Crippen LogP contribution in [-0.4, -0.2) is 66.1 Å². The zero-order valence-electron chi connectivity index (χ0n) is 20.4. The van der Waals surface area contributed by atoms with E-state index in [2.05, 4.69) is 42.9 Å². The zero-order valence-corrected chi connectivity index (χ0v) is 21.2. The van der Waals surface area contributed by atoms with Crippen LogP contribution in [0, 0.1) is 0 Å². The minimum Gasteiger partial charge on any atom is -0.492 e. The second-order valence-electron chi connectivity index (χ2n) is 9.47. The molecule has 0 saturated carbocycles. The number of thiophene rings is 1. The van der Waals surface area contributed by atoms with E-state index in [1.165, 1.54) is 0 Å². The molecule has 2 aromatic carbocycles. The lowest BCUT2D eigenvalue weighted by Gasteiger charge is -2.26. The highest BCUT2D eigenvalue weighted by molar-refractivity contribution is 7.08. The number of hydrogen-bond acceptors (Lipinski definition) is 6. The second kappa shape index (κ2) is 10.7. The van der Waals surface area contributed by atoms with Crippen LogP contribution in [0.2, 0.25) is 0 Å². The van der Waals surface area contributed by atoms with Crippen molar-refractivity contribution in [3.63, 3.8) is 0 Å². The standard InChI is InChI=1S/C28H32N4O2S/c1-31(2)14-15-34-23-8-6-21(7-9-23)27-24-17-20(5-10-25(24)29-30-27)18-26(33)28(22-11-16-35-19-22)32-12-3-4-13-32/h5-11,16-17,19,28H,3-4,12-15,18H2,1-2H3,(H,29,30). The van der Waals surface area contributed by atoms with Crippen LogP contribution in [0.5, 0.6) is 5.75 Å². The largest absolute Gasteiger partial charge is 0.492 e. The van der Waals surface area contributed by atoms with Gasteiger partial charge in [0, 0.05) is 23.9 Å². The normalized spacial score (nSPS) is 15.2. The lowest BCUT2D eigenvalue weighted by atomic mass is 9.97. The molecule has 0 amide bonds. The zero-order chi connectivity index (χ0) is 24.2. The van der Waals surface area contributed by atoms with Gasteiger partial charge in [-0.1, -0.05) is 6.07 Å². The van der Waals surface area contributed by atoms with Crippen molar-refractivity contribution in [1.29, 1.82) is 0 Å². The van der Waals surface area contributed by atoms with E-state index < -0.39 is 0 Å². The molecule has 1 atom stereocenters. The number of carbonyl (C=O) groups is 1. The summed E-state index contributed by atoms with van der Waals surface area (Å²) in [5, 5.41) is 12.9. The van der Waals surface area contributed by atoms with Gasteiger partial charge in [0.25, 0.3) is 0 Å². The molecule has 4 aromatic rings. The topological polar surface area (TPSA) is 61.5 Å². The van der Waals surface area contributed by atoms with Gasteiger partial charge in [-0.2, -0.15) is 16.4 Å². The van der Waals surface area contributed by atoms with Gasteiger partial charge in [0.2, 0.25) is 0 Å². The second-order valence-corrected chi connectivity index (χ2v) is 10.3. The summed E-state index contributed by atoms with van der Waals surface area (Å²) in [4.78, 5) is 18.0. The quantitative estimate of drug-likeness (QED) is 0.333. The van der Waals surface area contributed by atoms with Crippen molar-refractivity contribution in [3.8, 4) is 17.0 Å². The van der Waals surface area contributed by atoms with Crippen LogP contribution < -0.4 is 4.74 Å². The van der Waals surface area contributed by atoms with Crippen molar-refractivity contribution in [1.82, 2.24) is 20.0 Å². The first-order valence-corrected chi connectivity index (χ1v) is 13.2. The first-order valence-electron chi connectivity index (χ1n) is 12.2. The molecule has 3 heterocycles. The van der Waals surface area contributed by atoms with Crippen molar-refractivity contribution >= 4 is 28.0 Å². The Morgan fingerprint density at radius 1 is 1.14 bits per heavy atom. The van der Waals surface area contributed by atoms with E-state index >= 15 is 0 Å². The van der Waals surface area contributed by atoms with E-state index in [0.29, 0.717) is 13.0 Å². The molecule has 1 aliphatic heterocycles. The molecule has 0 radical (unpaired) electrons. The van der Waals surface area contributed by atoms with Gasteiger partial charge in [-0.25, -0.2) is 0 Å². The van der Waals surface area contributed by atoms with E-state index in [1.807, 2.05) is 50.5 Å². The number of rotatable bonds is 10. The van der Waals surface area contributed by atoms with Crippen LogP contribution in [0.15, 0.2) is 59.3 Å². The molecule has 6 nitrogen and oxygen atoms in total. The number of Topliss-reactive ketones (excluding diaryl/α,β-unsaturated/α-hetero) is 1. The van der Waals surface area contributed by atoms with E-state index in [1.54, 1.807) is 11.3 Å². The number of benzene rings is 2. The minimum absolute atomic E-state index is 0.150. The summed E-state index contributed by atoms with van der Waals surface area (Å²) in [6.07, 6.45) is 2.74. The molecule has 0 spiro atoms. The molecular weight excluding hydrogens is 456 g/mol. The number of ether oxygens (including phenoxy) is 1. The Labute approximate surface area is 210 Å². The predicted molar refractivity (Wildman–Crippen MR) is 142 cm³/mol. The molecule has 35 heavy (non-hydrogen) atoms. The van der Waals surface area contributed by atoms with Gasteiger partial charge in [-0.05, 0) is 104 Å². The summed E-state index contributed by atoms with van der Waals surface area (Å²) >= 11 is 1.66. The maximum absolute atomic E-state index is 13.5. The molecule has 0 aliphatic carbocycles. The van der Waals surface area contributed by atoms with Crippen LogP contribution in [0.3, 0.4) is 0 Å². The number of ketones is 1. The maximum atomic E-state index is 13.5. The van der Waals surface area contributed by atoms with Crippen molar-refractivity contribution in [2.24, 2.45) is 0 Å². The summed E-state index contributed by atoms with van der Waals surface area (Å²) in [5.74, 6) is 1.11. The predicted octanol–water partition coefficient (Wildman–Crippen LogP) is 5.18. The molecule has 2 aromatic heterocycles.